The molecule has 17 heavy (non-hydrogen) atoms. The van der Waals surface area contributed by atoms with E-state index in [9.17, 15) is 4.39 Å². The van der Waals surface area contributed by atoms with Crippen molar-refractivity contribution >= 4 is 28.8 Å². The Morgan fingerprint density at radius 2 is 2.18 bits per heavy atom. The van der Waals surface area contributed by atoms with Crippen LogP contribution in [-0.2, 0) is 4.74 Å². The van der Waals surface area contributed by atoms with Crippen LogP contribution in [0.2, 0.25) is 10.0 Å². The molecule has 5 heteroatoms. The Hall–Kier alpha value is -1.24. The number of halogens is 3. The Morgan fingerprint density at radius 1 is 1.47 bits per heavy atom. The van der Waals surface area contributed by atoms with Crippen molar-refractivity contribution in [2.75, 3.05) is 13.3 Å². The smallest absolute Gasteiger partial charge is 0.148 e. The zero-order valence-corrected chi connectivity index (χ0v) is 10.6. The first-order chi connectivity index (χ1) is 8.15. The van der Waals surface area contributed by atoms with Gasteiger partial charge in [0.05, 0.1) is 16.7 Å². The van der Waals surface area contributed by atoms with Gasteiger partial charge in [0.1, 0.15) is 24.1 Å². The van der Waals surface area contributed by atoms with Gasteiger partial charge in [0.25, 0.3) is 0 Å². The maximum Gasteiger partial charge on any atom is 0.148 e. The zero-order valence-electron chi connectivity index (χ0n) is 9.14. The number of benzene rings is 1. The summed E-state index contributed by atoms with van der Waals surface area (Å²) in [5.41, 5.74) is 0.449. The summed E-state index contributed by atoms with van der Waals surface area (Å²) in [4.78, 5) is 0. The molecule has 0 amide bonds. The lowest BCUT2D eigenvalue weighted by molar-refractivity contribution is 0.207. The monoisotopic (exact) mass is 273 g/mol. The molecule has 0 saturated carbocycles. The summed E-state index contributed by atoms with van der Waals surface area (Å²) in [6.45, 7) is 1.13. The highest BCUT2D eigenvalue weighted by atomic mass is 35.5. The molecule has 0 spiro atoms. The third kappa shape index (κ3) is 3.12. The fourth-order valence-corrected chi connectivity index (χ4v) is 1.72. The average Bonchev–Trinajstić information content (AvgIpc) is 2.34. The van der Waals surface area contributed by atoms with Crippen molar-refractivity contribution in [2.24, 2.45) is 0 Å². The standard InChI is InChI=1S/C12H10Cl2FNO/c1-2-17-11(6-15)9(7-16)8-4-3-5-10(13)12(8)14/h3-5H,2,6H2,1H3/b11-9-. The fourth-order valence-electron chi connectivity index (χ4n) is 1.32. The summed E-state index contributed by atoms with van der Waals surface area (Å²) in [6, 6.07) is 6.73. The predicted octanol–water partition coefficient (Wildman–Crippen LogP) is 4.23. The fraction of sp³-hybridized carbons (Fsp3) is 0.250. The summed E-state index contributed by atoms with van der Waals surface area (Å²) < 4.78 is 17.9. The maximum absolute atomic E-state index is 12.8. The van der Waals surface area contributed by atoms with Gasteiger partial charge in [-0.25, -0.2) is 4.39 Å². The van der Waals surface area contributed by atoms with Crippen molar-refractivity contribution in [3.63, 3.8) is 0 Å². The molecule has 0 fully saturated rings. The van der Waals surface area contributed by atoms with Crippen LogP contribution in [0.4, 0.5) is 4.39 Å². The Bertz CT molecular complexity index is 480. The van der Waals surface area contributed by atoms with Gasteiger partial charge >= 0.3 is 0 Å². The first kappa shape index (κ1) is 13.8. The van der Waals surface area contributed by atoms with Crippen LogP contribution in [0.1, 0.15) is 12.5 Å². The van der Waals surface area contributed by atoms with E-state index in [0.717, 1.165) is 0 Å². The van der Waals surface area contributed by atoms with Gasteiger partial charge in [-0.2, -0.15) is 5.26 Å². The lowest BCUT2D eigenvalue weighted by Gasteiger charge is -2.10. The Balaban J connectivity index is 3.36. The van der Waals surface area contributed by atoms with E-state index in [0.29, 0.717) is 10.6 Å². The molecule has 0 atom stereocenters. The minimum absolute atomic E-state index is 0.0285. The topological polar surface area (TPSA) is 33.0 Å². The first-order valence-electron chi connectivity index (χ1n) is 4.92. The van der Waals surface area contributed by atoms with Crippen molar-refractivity contribution in [1.29, 1.82) is 5.26 Å². The average molecular weight is 274 g/mol. The normalized spacial score (nSPS) is 11.7. The predicted molar refractivity (Wildman–Crippen MR) is 66.6 cm³/mol. The van der Waals surface area contributed by atoms with Crippen molar-refractivity contribution < 1.29 is 9.13 Å². The molecular weight excluding hydrogens is 264 g/mol. The van der Waals surface area contributed by atoms with Crippen LogP contribution >= 0.6 is 23.2 Å². The molecule has 0 aliphatic carbocycles. The molecule has 1 aromatic rings. The van der Waals surface area contributed by atoms with Gasteiger partial charge in [-0.1, -0.05) is 35.3 Å². The molecule has 0 unspecified atom stereocenters. The van der Waals surface area contributed by atoms with Crippen molar-refractivity contribution in [2.45, 2.75) is 6.92 Å². The van der Waals surface area contributed by atoms with E-state index in [-0.39, 0.29) is 23.0 Å². The lowest BCUT2D eigenvalue weighted by Crippen LogP contribution is -1.99. The molecule has 0 saturated heterocycles. The third-order valence-electron chi connectivity index (χ3n) is 2.05. The molecule has 1 aromatic carbocycles. The second-order valence-electron chi connectivity index (χ2n) is 3.08. The zero-order chi connectivity index (χ0) is 12.8. The number of rotatable bonds is 4. The molecule has 0 radical (unpaired) electrons. The largest absolute Gasteiger partial charge is 0.494 e. The Labute approximate surface area is 109 Å². The molecular formula is C12H10Cl2FNO. The summed E-state index contributed by atoms with van der Waals surface area (Å²) >= 11 is 11.8. The van der Waals surface area contributed by atoms with Crippen molar-refractivity contribution in [1.82, 2.24) is 0 Å². The highest BCUT2D eigenvalue weighted by Crippen LogP contribution is 2.32. The molecule has 0 bridgehead atoms. The molecule has 90 valence electrons. The highest BCUT2D eigenvalue weighted by Gasteiger charge is 2.15. The van der Waals surface area contributed by atoms with E-state index in [1.54, 1.807) is 25.1 Å². The van der Waals surface area contributed by atoms with E-state index in [1.807, 2.05) is 6.07 Å². The minimum atomic E-state index is -0.862. The van der Waals surface area contributed by atoms with Gasteiger partial charge in [0.15, 0.2) is 0 Å². The van der Waals surface area contributed by atoms with E-state index in [1.165, 1.54) is 0 Å². The number of ether oxygens (including phenoxy) is 1. The molecule has 0 N–H and O–H groups in total. The molecule has 0 aromatic heterocycles. The lowest BCUT2D eigenvalue weighted by atomic mass is 10.1. The first-order valence-corrected chi connectivity index (χ1v) is 5.67. The molecule has 0 aliphatic heterocycles. The van der Waals surface area contributed by atoms with Gasteiger partial charge in [-0.3, -0.25) is 0 Å². The maximum atomic E-state index is 12.8. The number of allylic oxidation sites excluding steroid dienone is 2. The van der Waals surface area contributed by atoms with Gasteiger partial charge < -0.3 is 4.74 Å². The van der Waals surface area contributed by atoms with Crippen LogP contribution in [0.15, 0.2) is 24.0 Å². The van der Waals surface area contributed by atoms with Crippen LogP contribution in [0.3, 0.4) is 0 Å². The minimum Gasteiger partial charge on any atom is -0.494 e. The van der Waals surface area contributed by atoms with Crippen molar-refractivity contribution in [3.05, 3.63) is 39.6 Å². The van der Waals surface area contributed by atoms with E-state index < -0.39 is 6.67 Å². The summed E-state index contributed by atoms with van der Waals surface area (Å²) in [7, 11) is 0. The summed E-state index contributed by atoms with van der Waals surface area (Å²) in [5, 5.41) is 9.60. The molecule has 0 aliphatic rings. The number of nitrogens with zero attached hydrogens (tertiary/aromatic N) is 1. The number of nitriles is 1. The van der Waals surface area contributed by atoms with Crippen molar-refractivity contribution in [3.8, 4) is 6.07 Å². The van der Waals surface area contributed by atoms with Crippen LogP contribution < -0.4 is 0 Å². The SMILES string of the molecule is CCO/C(CF)=C(/C#N)c1cccc(Cl)c1Cl. The number of hydrogen-bond acceptors (Lipinski definition) is 2. The molecule has 1 rings (SSSR count). The quantitative estimate of drug-likeness (QED) is 0.608. The van der Waals surface area contributed by atoms with Gasteiger partial charge in [-0.15, -0.1) is 0 Å². The second-order valence-corrected chi connectivity index (χ2v) is 3.86. The van der Waals surface area contributed by atoms with Crippen LogP contribution in [0.25, 0.3) is 5.57 Å². The highest BCUT2D eigenvalue weighted by molar-refractivity contribution is 6.43. The van der Waals surface area contributed by atoms with Crippen LogP contribution in [-0.4, -0.2) is 13.3 Å². The third-order valence-corrected chi connectivity index (χ3v) is 2.87. The second kappa shape index (κ2) is 6.48. The summed E-state index contributed by atoms with van der Waals surface area (Å²) in [6.07, 6.45) is 0. The van der Waals surface area contributed by atoms with Gasteiger partial charge in [-0.05, 0) is 13.0 Å². The van der Waals surface area contributed by atoms with E-state index >= 15 is 0 Å². The summed E-state index contributed by atoms with van der Waals surface area (Å²) in [5.74, 6) is -0.0285. The number of hydrogen-bond donors (Lipinski definition) is 0. The Kier molecular flexibility index (Phi) is 5.27. The Morgan fingerprint density at radius 3 is 2.71 bits per heavy atom. The van der Waals surface area contributed by atoms with E-state index in [2.05, 4.69) is 0 Å². The van der Waals surface area contributed by atoms with Crippen LogP contribution in [0.5, 0.6) is 0 Å². The van der Waals surface area contributed by atoms with Gasteiger partial charge in [0, 0.05) is 5.56 Å². The molecule has 0 heterocycles. The molecule has 2 nitrogen and oxygen atoms in total. The van der Waals surface area contributed by atoms with Gasteiger partial charge in [0.2, 0.25) is 0 Å². The van der Waals surface area contributed by atoms with E-state index in [4.69, 9.17) is 33.2 Å². The van der Waals surface area contributed by atoms with Crippen LogP contribution in [0, 0.1) is 11.3 Å². The number of alkyl halides is 1.